The van der Waals surface area contributed by atoms with E-state index in [2.05, 4.69) is 5.16 Å². The monoisotopic (exact) mass is 419 g/mol. The first kappa shape index (κ1) is 18.2. The second kappa shape index (κ2) is 6.21. The van der Waals surface area contributed by atoms with Crippen LogP contribution < -0.4 is 4.90 Å². The Bertz CT molecular complexity index is 1160. The van der Waals surface area contributed by atoms with Crippen molar-refractivity contribution < 1.29 is 24.1 Å². The lowest BCUT2D eigenvalue weighted by Crippen LogP contribution is -2.45. The molecule has 2 aromatic rings. The number of carbonyl (C=O) groups excluding carboxylic acids is 2. The van der Waals surface area contributed by atoms with Crippen molar-refractivity contribution in [3.05, 3.63) is 69.8 Å². The van der Waals surface area contributed by atoms with Crippen molar-refractivity contribution in [1.82, 2.24) is 0 Å². The number of oxime groups is 1. The van der Waals surface area contributed by atoms with Gasteiger partial charge >= 0.3 is 0 Å². The van der Waals surface area contributed by atoms with Crippen molar-refractivity contribution in [1.29, 1.82) is 0 Å². The molecule has 4 aliphatic heterocycles. The summed E-state index contributed by atoms with van der Waals surface area (Å²) in [6, 6.07) is 13.3. The Balaban J connectivity index is 1.32. The predicted octanol–water partition coefficient (Wildman–Crippen LogP) is 2.21. The van der Waals surface area contributed by atoms with Gasteiger partial charge in [-0.1, -0.05) is 22.9 Å². The van der Waals surface area contributed by atoms with Crippen LogP contribution in [0.4, 0.5) is 11.4 Å². The molecule has 6 rings (SSSR count). The van der Waals surface area contributed by atoms with Crippen LogP contribution >= 0.6 is 0 Å². The fourth-order valence-electron chi connectivity index (χ4n) is 5.30. The number of imide groups is 1. The molecular formula is C22H17N3O6. The Kier molecular flexibility index (Phi) is 3.64. The molecule has 0 spiro atoms. The summed E-state index contributed by atoms with van der Waals surface area (Å²) in [5.41, 5.74) is 2.86. The van der Waals surface area contributed by atoms with Crippen LogP contribution in [0.5, 0.6) is 0 Å². The number of hydrogen-bond acceptors (Lipinski definition) is 7. The van der Waals surface area contributed by atoms with Crippen molar-refractivity contribution in [3.63, 3.8) is 0 Å². The third-order valence-electron chi connectivity index (χ3n) is 6.71. The van der Waals surface area contributed by atoms with Crippen LogP contribution in [0.2, 0.25) is 0 Å². The van der Waals surface area contributed by atoms with Crippen molar-refractivity contribution in [2.45, 2.75) is 25.2 Å². The number of benzene rings is 2. The number of nitro benzene ring substituents is 1. The van der Waals surface area contributed by atoms with Gasteiger partial charge in [0.15, 0.2) is 6.10 Å². The smallest absolute Gasteiger partial charge is 0.269 e. The van der Waals surface area contributed by atoms with E-state index in [1.807, 2.05) is 19.1 Å². The normalized spacial score (nSPS) is 32.7. The van der Waals surface area contributed by atoms with E-state index in [0.717, 1.165) is 5.56 Å². The van der Waals surface area contributed by atoms with Gasteiger partial charge in [-0.3, -0.25) is 19.7 Å². The number of ether oxygens (including phenoxy) is 1. The highest BCUT2D eigenvalue weighted by atomic mass is 16.7. The van der Waals surface area contributed by atoms with Gasteiger partial charge in [0.25, 0.3) is 5.69 Å². The molecule has 3 saturated heterocycles. The Morgan fingerprint density at radius 2 is 1.55 bits per heavy atom. The van der Waals surface area contributed by atoms with Gasteiger partial charge in [-0.2, -0.15) is 0 Å². The molecule has 0 saturated carbocycles. The topological polar surface area (TPSA) is 111 Å². The third kappa shape index (κ3) is 2.37. The largest absolute Gasteiger partial charge is 0.389 e. The molecule has 0 radical (unpaired) electrons. The molecule has 4 aliphatic rings. The fraction of sp³-hybridized carbons (Fsp3) is 0.318. The SMILES string of the molecule is Cc1ccc(N2C(=O)[C@@H]3[C@H]4O[C@@H]([C@H]5C(c6ccc([N+](=O)[O-])cc6)=NO[C@H]45)[C@@H]3C2=O)cc1. The van der Waals surface area contributed by atoms with Crippen LogP contribution in [0.15, 0.2) is 53.7 Å². The Morgan fingerprint density at radius 3 is 2.19 bits per heavy atom. The van der Waals surface area contributed by atoms with Gasteiger partial charge in [0.05, 0.1) is 40.2 Å². The highest BCUT2D eigenvalue weighted by molar-refractivity contribution is 6.23. The average Bonchev–Trinajstić information content (AvgIpc) is 3.49. The standard InChI is InChI=1S/C22H17N3O6/c1-10-2-6-12(7-3-10)24-21(26)14-15(22(24)27)19-20-16(18(14)30-19)17(23-31-20)11-4-8-13(9-5-11)25(28)29/h2-9,14-16,18-20H,1H3/t14-,15+,16-,18-,19-,20+/m1/s1. The first-order valence-corrected chi connectivity index (χ1v) is 10.0. The van der Waals surface area contributed by atoms with Crippen molar-refractivity contribution in [2.24, 2.45) is 22.9 Å². The number of hydrogen-bond donors (Lipinski definition) is 0. The minimum atomic E-state index is -0.593. The minimum Gasteiger partial charge on any atom is -0.389 e. The Hall–Kier alpha value is -3.59. The van der Waals surface area contributed by atoms with E-state index in [-0.39, 0.29) is 23.4 Å². The second-order valence-corrected chi connectivity index (χ2v) is 8.34. The summed E-state index contributed by atoms with van der Waals surface area (Å²) in [6.45, 7) is 1.94. The van der Waals surface area contributed by atoms with E-state index in [4.69, 9.17) is 9.57 Å². The molecule has 2 aromatic carbocycles. The zero-order valence-electron chi connectivity index (χ0n) is 16.4. The maximum atomic E-state index is 13.3. The molecule has 0 unspecified atom stereocenters. The van der Waals surface area contributed by atoms with E-state index in [1.54, 1.807) is 24.3 Å². The quantitative estimate of drug-likeness (QED) is 0.428. The Labute approximate surface area is 176 Å². The number of nitrogens with zero attached hydrogens (tertiary/aromatic N) is 3. The summed E-state index contributed by atoms with van der Waals surface area (Å²) in [5.74, 6) is -2.02. The minimum absolute atomic E-state index is 0.0191. The number of anilines is 1. The first-order valence-electron chi connectivity index (χ1n) is 10.0. The van der Waals surface area contributed by atoms with Gasteiger partial charge in [-0.25, -0.2) is 4.90 Å². The number of carbonyl (C=O) groups is 2. The van der Waals surface area contributed by atoms with Gasteiger partial charge < -0.3 is 9.57 Å². The number of fused-ring (bicyclic) bond motifs is 8. The Morgan fingerprint density at radius 1 is 0.903 bits per heavy atom. The molecular weight excluding hydrogens is 402 g/mol. The summed E-state index contributed by atoms with van der Waals surface area (Å²) in [6.07, 6.45) is -1.53. The van der Waals surface area contributed by atoms with Crippen LogP contribution in [0, 0.1) is 34.8 Å². The zero-order chi connectivity index (χ0) is 21.4. The van der Waals surface area contributed by atoms with E-state index < -0.39 is 35.1 Å². The van der Waals surface area contributed by atoms with Gasteiger partial charge in [-0.15, -0.1) is 0 Å². The highest BCUT2D eigenvalue weighted by Gasteiger charge is 2.72. The number of nitro groups is 1. The van der Waals surface area contributed by atoms with Crippen molar-refractivity contribution >= 4 is 28.9 Å². The van der Waals surface area contributed by atoms with E-state index in [0.29, 0.717) is 17.0 Å². The molecule has 0 aromatic heterocycles. The molecule has 9 heteroatoms. The molecule has 0 aliphatic carbocycles. The summed E-state index contributed by atoms with van der Waals surface area (Å²) in [7, 11) is 0. The van der Waals surface area contributed by atoms with Crippen LogP contribution in [-0.2, 0) is 19.2 Å². The molecule has 156 valence electrons. The molecule has 2 bridgehead atoms. The van der Waals surface area contributed by atoms with Crippen LogP contribution in [0.1, 0.15) is 11.1 Å². The maximum absolute atomic E-state index is 13.3. The lowest BCUT2D eigenvalue weighted by atomic mass is 9.71. The zero-order valence-corrected chi connectivity index (χ0v) is 16.4. The molecule has 0 N–H and O–H groups in total. The summed E-state index contributed by atoms with van der Waals surface area (Å²) >= 11 is 0. The van der Waals surface area contributed by atoms with Crippen LogP contribution in [0.25, 0.3) is 0 Å². The molecule has 2 amide bonds. The molecule has 9 nitrogen and oxygen atoms in total. The van der Waals surface area contributed by atoms with E-state index >= 15 is 0 Å². The van der Waals surface area contributed by atoms with Gasteiger partial charge in [0.2, 0.25) is 11.8 Å². The maximum Gasteiger partial charge on any atom is 0.269 e. The molecule has 3 fully saturated rings. The number of rotatable bonds is 3. The summed E-state index contributed by atoms with van der Waals surface area (Å²) < 4.78 is 6.08. The fourth-order valence-corrected chi connectivity index (χ4v) is 5.30. The lowest BCUT2D eigenvalue weighted by Gasteiger charge is -2.26. The number of aryl methyl sites for hydroxylation is 1. The summed E-state index contributed by atoms with van der Waals surface area (Å²) in [5, 5.41) is 15.1. The van der Waals surface area contributed by atoms with Crippen LogP contribution in [0.3, 0.4) is 0 Å². The van der Waals surface area contributed by atoms with Gasteiger partial charge in [0, 0.05) is 17.7 Å². The number of amides is 2. The summed E-state index contributed by atoms with van der Waals surface area (Å²) in [4.78, 5) is 43.9. The van der Waals surface area contributed by atoms with Crippen molar-refractivity contribution in [2.75, 3.05) is 4.90 Å². The van der Waals surface area contributed by atoms with Crippen LogP contribution in [-0.4, -0.2) is 40.8 Å². The first-order chi connectivity index (χ1) is 15.0. The van der Waals surface area contributed by atoms with Gasteiger partial charge in [0.1, 0.15) is 6.10 Å². The molecule has 4 heterocycles. The predicted molar refractivity (Wildman–Crippen MR) is 107 cm³/mol. The average molecular weight is 419 g/mol. The lowest BCUT2D eigenvalue weighted by molar-refractivity contribution is -0.384. The van der Waals surface area contributed by atoms with E-state index in [9.17, 15) is 19.7 Å². The van der Waals surface area contributed by atoms with Crippen molar-refractivity contribution in [3.8, 4) is 0 Å². The van der Waals surface area contributed by atoms with E-state index in [1.165, 1.54) is 17.0 Å². The molecule has 6 atom stereocenters. The molecule has 31 heavy (non-hydrogen) atoms. The highest BCUT2D eigenvalue weighted by Crippen LogP contribution is 2.55. The van der Waals surface area contributed by atoms with Gasteiger partial charge in [-0.05, 0) is 31.2 Å². The third-order valence-corrected chi connectivity index (χ3v) is 6.71. The second-order valence-electron chi connectivity index (χ2n) is 8.34. The number of non-ortho nitro benzene ring substituents is 1.